The van der Waals surface area contributed by atoms with Crippen molar-refractivity contribution in [2.24, 2.45) is 0 Å². The first-order valence-corrected chi connectivity index (χ1v) is 13.4. The minimum absolute atomic E-state index is 0.0189. The van der Waals surface area contributed by atoms with Crippen LogP contribution in [0.4, 0.5) is 17.1 Å². The summed E-state index contributed by atoms with van der Waals surface area (Å²) in [7, 11) is -7.41. The van der Waals surface area contributed by atoms with Gasteiger partial charge in [-0.05, 0) is 67.1 Å². The van der Waals surface area contributed by atoms with Gasteiger partial charge in [-0.2, -0.15) is 0 Å². The summed E-state index contributed by atoms with van der Waals surface area (Å²) >= 11 is 12.1. The molecule has 0 radical (unpaired) electrons. The third kappa shape index (κ3) is 6.61. The minimum Gasteiger partial charge on any atom is -0.322 e. The SMILES string of the molecule is Cc1ccc(NS(=O)(=O)c2ccc(NC(=O)c3cc(NS(C)(=O)=O)ccc3Cl)cc2)cc1Cl. The number of nitrogens with one attached hydrogen (secondary N) is 3. The van der Waals surface area contributed by atoms with Crippen LogP contribution in [0.5, 0.6) is 0 Å². The summed E-state index contributed by atoms with van der Waals surface area (Å²) in [5.41, 5.74) is 1.67. The number of carbonyl (C=O) groups is 1. The highest BCUT2D eigenvalue weighted by atomic mass is 35.5. The fourth-order valence-electron chi connectivity index (χ4n) is 2.76. The molecule has 0 spiro atoms. The predicted octanol–water partition coefficient (Wildman–Crippen LogP) is 4.73. The van der Waals surface area contributed by atoms with E-state index in [9.17, 15) is 21.6 Å². The normalized spacial score (nSPS) is 11.6. The first-order chi connectivity index (χ1) is 15.3. The Bertz CT molecular complexity index is 1420. The number of hydrogen-bond acceptors (Lipinski definition) is 5. The number of rotatable bonds is 7. The van der Waals surface area contributed by atoms with E-state index in [0.717, 1.165) is 11.8 Å². The quantitative estimate of drug-likeness (QED) is 0.410. The van der Waals surface area contributed by atoms with Gasteiger partial charge in [0.15, 0.2) is 0 Å². The molecule has 174 valence electrons. The van der Waals surface area contributed by atoms with Crippen molar-refractivity contribution in [1.82, 2.24) is 0 Å². The first kappa shape index (κ1) is 24.8. The molecule has 0 aliphatic heterocycles. The lowest BCUT2D eigenvalue weighted by Crippen LogP contribution is -2.15. The smallest absolute Gasteiger partial charge is 0.261 e. The lowest BCUT2D eigenvalue weighted by atomic mass is 10.2. The number of anilines is 3. The van der Waals surface area contributed by atoms with Crippen LogP contribution in [-0.2, 0) is 20.0 Å². The van der Waals surface area contributed by atoms with E-state index in [1.165, 1.54) is 48.5 Å². The molecule has 0 heterocycles. The molecule has 0 bridgehead atoms. The van der Waals surface area contributed by atoms with Crippen molar-refractivity contribution < 1.29 is 21.6 Å². The maximum atomic E-state index is 12.6. The molecule has 12 heteroatoms. The summed E-state index contributed by atoms with van der Waals surface area (Å²) in [6.45, 7) is 1.80. The minimum atomic E-state index is -3.88. The zero-order valence-electron chi connectivity index (χ0n) is 17.4. The molecule has 0 aromatic heterocycles. The van der Waals surface area contributed by atoms with E-state index in [1.807, 2.05) is 0 Å². The van der Waals surface area contributed by atoms with Crippen LogP contribution in [0.2, 0.25) is 10.0 Å². The van der Waals surface area contributed by atoms with Crippen LogP contribution in [0.25, 0.3) is 0 Å². The average Bonchev–Trinajstić information content (AvgIpc) is 2.71. The molecule has 3 rings (SSSR count). The lowest BCUT2D eigenvalue weighted by Gasteiger charge is -2.11. The largest absolute Gasteiger partial charge is 0.322 e. The van der Waals surface area contributed by atoms with Crippen LogP contribution >= 0.6 is 23.2 Å². The second-order valence-electron chi connectivity index (χ2n) is 7.12. The van der Waals surface area contributed by atoms with Gasteiger partial charge in [-0.15, -0.1) is 0 Å². The molecule has 0 saturated carbocycles. The molecule has 0 saturated heterocycles. The van der Waals surface area contributed by atoms with Gasteiger partial charge in [0.2, 0.25) is 10.0 Å². The van der Waals surface area contributed by atoms with Crippen molar-refractivity contribution in [3.8, 4) is 0 Å². The van der Waals surface area contributed by atoms with Gasteiger partial charge in [0.05, 0.1) is 27.4 Å². The van der Waals surface area contributed by atoms with Crippen molar-refractivity contribution in [2.45, 2.75) is 11.8 Å². The Morgan fingerprint density at radius 3 is 1.94 bits per heavy atom. The molecule has 3 N–H and O–H groups in total. The van der Waals surface area contributed by atoms with Crippen LogP contribution in [0.3, 0.4) is 0 Å². The van der Waals surface area contributed by atoms with Gasteiger partial charge >= 0.3 is 0 Å². The zero-order chi connectivity index (χ0) is 24.4. The summed E-state index contributed by atoms with van der Waals surface area (Å²) < 4.78 is 52.8. The fraction of sp³-hybridized carbons (Fsp3) is 0.0952. The Kier molecular flexibility index (Phi) is 7.23. The van der Waals surface area contributed by atoms with Crippen LogP contribution in [-0.4, -0.2) is 29.0 Å². The molecule has 0 unspecified atom stereocenters. The molecule has 0 atom stereocenters. The van der Waals surface area contributed by atoms with Crippen LogP contribution in [0, 0.1) is 6.92 Å². The highest BCUT2D eigenvalue weighted by Crippen LogP contribution is 2.25. The van der Waals surface area contributed by atoms with Crippen molar-refractivity contribution in [3.05, 3.63) is 81.8 Å². The third-order valence-corrected chi connectivity index (χ3v) is 7.10. The molecule has 8 nitrogen and oxygen atoms in total. The van der Waals surface area contributed by atoms with Crippen molar-refractivity contribution in [3.63, 3.8) is 0 Å². The molecular weight excluding hydrogens is 509 g/mol. The first-order valence-electron chi connectivity index (χ1n) is 9.32. The van der Waals surface area contributed by atoms with Gasteiger partial charge in [-0.1, -0.05) is 29.3 Å². The molecule has 0 fully saturated rings. The van der Waals surface area contributed by atoms with Gasteiger partial charge in [-0.25, -0.2) is 16.8 Å². The summed E-state index contributed by atoms with van der Waals surface area (Å²) in [5.74, 6) is -0.597. The Hall–Kier alpha value is -2.79. The summed E-state index contributed by atoms with van der Waals surface area (Å²) in [6.07, 6.45) is 0.985. The highest BCUT2D eigenvalue weighted by Gasteiger charge is 2.16. The van der Waals surface area contributed by atoms with E-state index >= 15 is 0 Å². The summed E-state index contributed by atoms with van der Waals surface area (Å²) in [6, 6.07) is 14.4. The van der Waals surface area contributed by atoms with Gasteiger partial charge in [0.25, 0.3) is 15.9 Å². The molecule has 3 aromatic carbocycles. The van der Waals surface area contributed by atoms with Gasteiger partial charge in [-0.3, -0.25) is 14.2 Å². The van der Waals surface area contributed by atoms with Gasteiger partial charge in [0.1, 0.15) is 0 Å². The van der Waals surface area contributed by atoms with E-state index in [0.29, 0.717) is 16.4 Å². The average molecular weight is 528 g/mol. The number of carbonyl (C=O) groups excluding carboxylic acids is 1. The van der Waals surface area contributed by atoms with Crippen molar-refractivity contribution in [2.75, 3.05) is 21.0 Å². The molecule has 0 aliphatic carbocycles. The maximum absolute atomic E-state index is 12.6. The number of sulfonamides is 2. The summed E-state index contributed by atoms with van der Waals surface area (Å²) in [4.78, 5) is 12.6. The molecular formula is C21H19Cl2N3O5S2. The van der Waals surface area contributed by atoms with E-state index in [2.05, 4.69) is 14.8 Å². The maximum Gasteiger partial charge on any atom is 0.261 e. The van der Waals surface area contributed by atoms with Crippen molar-refractivity contribution >= 4 is 66.2 Å². The summed E-state index contributed by atoms with van der Waals surface area (Å²) in [5, 5.41) is 3.15. The Labute approximate surface area is 202 Å². The van der Waals surface area contributed by atoms with E-state index < -0.39 is 26.0 Å². The standard InChI is InChI=1S/C21H19Cl2N3O5S2/c1-13-3-4-16(12-20(13)23)26-33(30,31)17-8-5-14(6-9-17)24-21(27)18-11-15(7-10-19(18)22)25-32(2,28)29/h3-12,25-26H,1-2H3,(H,24,27). The Morgan fingerprint density at radius 2 is 1.33 bits per heavy atom. The number of benzene rings is 3. The van der Waals surface area contributed by atoms with Crippen molar-refractivity contribution in [1.29, 1.82) is 0 Å². The number of hydrogen-bond donors (Lipinski definition) is 3. The van der Waals surface area contributed by atoms with E-state index in [1.54, 1.807) is 19.1 Å². The van der Waals surface area contributed by atoms with Gasteiger partial charge < -0.3 is 5.32 Å². The zero-order valence-corrected chi connectivity index (χ0v) is 20.5. The number of amides is 1. The third-order valence-electron chi connectivity index (χ3n) is 4.36. The Balaban J connectivity index is 1.76. The van der Waals surface area contributed by atoms with Crippen LogP contribution in [0.15, 0.2) is 65.6 Å². The predicted molar refractivity (Wildman–Crippen MR) is 131 cm³/mol. The van der Waals surface area contributed by atoms with Crippen LogP contribution < -0.4 is 14.8 Å². The van der Waals surface area contributed by atoms with E-state index in [4.69, 9.17) is 23.2 Å². The Morgan fingerprint density at radius 1 is 0.758 bits per heavy atom. The van der Waals surface area contributed by atoms with Crippen LogP contribution in [0.1, 0.15) is 15.9 Å². The number of aryl methyl sites for hydroxylation is 1. The highest BCUT2D eigenvalue weighted by molar-refractivity contribution is 7.92. The molecule has 3 aromatic rings. The fourth-order valence-corrected chi connectivity index (χ4v) is 4.75. The second kappa shape index (κ2) is 9.60. The lowest BCUT2D eigenvalue weighted by molar-refractivity contribution is 0.102. The molecule has 0 aliphatic rings. The molecule has 1 amide bonds. The monoisotopic (exact) mass is 527 g/mol. The topological polar surface area (TPSA) is 121 Å². The molecule has 33 heavy (non-hydrogen) atoms. The van der Waals surface area contributed by atoms with Gasteiger partial charge in [0, 0.05) is 16.4 Å². The van der Waals surface area contributed by atoms with E-state index in [-0.39, 0.29) is 21.2 Å². The number of halogens is 2. The second-order valence-corrected chi connectivity index (χ2v) is 11.4.